The van der Waals surface area contributed by atoms with Crippen LogP contribution in [0.5, 0.6) is 0 Å². The van der Waals surface area contributed by atoms with Crippen LogP contribution in [-0.4, -0.2) is 23.5 Å². The van der Waals surface area contributed by atoms with Crippen molar-refractivity contribution in [2.45, 2.75) is 15.3 Å². The third-order valence-electron chi connectivity index (χ3n) is 14.1. The topological polar surface area (TPSA) is 32.6 Å². The summed E-state index contributed by atoms with van der Waals surface area (Å²) in [5.41, 5.74) is 16.0. The molecule has 9 aromatic carbocycles. The van der Waals surface area contributed by atoms with E-state index in [0.29, 0.717) is 0 Å². The van der Waals surface area contributed by atoms with E-state index in [0.717, 1.165) is 33.8 Å². The first-order valence-electron chi connectivity index (χ1n) is 21.9. The first-order valence-corrected chi connectivity index (χ1v) is 22.7. The number of hydrogen-bond acceptors (Lipinski definition) is 2. The second-order valence-corrected chi connectivity index (χ2v) is 18.2. The Hall–Kier alpha value is -8.06. The molecule has 0 saturated carbocycles. The van der Waals surface area contributed by atoms with Gasteiger partial charge in [0, 0.05) is 82.1 Å². The summed E-state index contributed by atoms with van der Waals surface area (Å²) in [7, 11) is 0. The number of aromatic nitrogens is 5. The Morgan fingerprint density at radius 3 is 1.36 bits per heavy atom. The van der Waals surface area contributed by atoms with Crippen LogP contribution < -0.4 is 0 Å². The van der Waals surface area contributed by atoms with Gasteiger partial charge < -0.3 is 13.7 Å². The van der Waals surface area contributed by atoms with Crippen molar-refractivity contribution in [1.29, 1.82) is 0 Å². The average Bonchev–Trinajstić information content (AvgIpc) is 4.17. The maximum Gasteiger partial charge on any atom is 0.141 e. The zero-order valence-corrected chi connectivity index (χ0v) is 35.2. The van der Waals surface area contributed by atoms with E-state index in [4.69, 9.17) is 5.10 Å². The molecule has 2 aliphatic rings. The number of benzene rings is 9. The standard InChI is InChI=1S/C58H35N5S/c1-6-18-46-43(17-1)55-31-32-59-63(55)58(46)47-19-7-12-24-56(47)64-57-30-27-38(35-48(57)58)62-53-28-25-36(60-49-20-8-2-13-39(49)40-14-3-9-21-50(40)60)33-44(53)45-34-37(26-29-54(45)62)61-51-22-10-4-15-41(51)42-16-5-11-23-52(42)61/h1-35H. The molecule has 4 aromatic heterocycles. The highest BCUT2D eigenvalue weighted by atomic mass is 32.2. The lowest BCUT2D eigenvalue weighted by Crippen LogP contribution is -2.38. The van der Waals surface area contributed by atoms with Crippen molar-refractivity contribution in [2.75, 3.05) is 0 Å². The molecule has 0 fully saturated rings. The zero-order chi connectivity index (χ0) is 41.7. The molecule has 0 aliphatic carbocycles. The van der Waals surface area contributed by atoms with Gasteiger partial charge in [-0.1, -0.05) is 127 Å². The van der Waals surface area contributed by atoms with Crippen molar-refractivity contribution in [3.63, 3.8) is 0 Å². The van der Waals surface area contributed by atoms with Crippen molar-refractivity contribution in [3.05, 3.63) is 229 Å². The first kappa shape index (κ1) is 34.5. The molecule has 0 N–H and O–H groups in total. The minimum atomic E-state index is -0.630. The Labute approximate surface area is 371 Å². The third kappa shape index (κ3) is 4.33. The van der Waals surface area contributed by atoms with Gasteiger partial charge in [0.15, 0.2) is 0 Å². The molecule has 298 valence electrons. The lowest BCUT2D eigenvalue weighted by Gasteiger charge is -2.39. The molecule has 1 spiro atoms. The van der Waals surface area contributed by atoms with Crippen LogP contribution in [0, 0.1) is 0 Å². The molecule has 6 heterocycles. The summed E-state index contributed by atoms with van der Waals surface area (Å²) in [6.07, 6.45) is 1.96. The van der Waals surface area contributed by atoms with Crippen LogP contribution in [0.1, 0.15) is 16.7 Å². The molecule has 2 aliphatic heterocycles. The highest BCUT2D eigenvalue weighted by Gasteiger charge is 2.51. The summed E-state index contributed by atoms with van der Waals surface area (Å²) >= 11 is 1.86. The van der Waals surface area contributed by atoms with Gasteiger partial charge in [-0.25, -0.2) is 4.68 Å². The normalized spacial score (nSPS) is 15.2. The molecule has 0 bridgehead atoms. The van der Waals surface area contributed by atoms with Gasteiger partial charge in [-0.15, -0.1) is 0 Å². The monoisotopic (exact) mass is 833 g/mol. The minimum absolute atomic E-state index is 0.630. The highest BCUT2D eigenvalue weighted by molar-refractivity contribution is 7.99. The summed E-state index contributed by atoms with van der Waals surface area (Å²) in [5, 5.41) is 12.5. The molecule has 64 heavy (non-hydrogen) atoms. The fourth-order valence-corrected chi connectivity index (χ4v) is 12.7. The zero-order valence-electron chi connectivity index (χ0n) is 34.4. The van der Waals surface area contributed by atoms with Crippen LogP contribution in [0.4, 0.5) is 0 Å². The van der Waals surface area contributed by atoms with Crippen molar-refractivity contribution in [3.8, 4) is 28.3 Å². The van der Waals surface area contributed by atoms with Crippen LogP contribution >= 0.6 is 11.8 Å². The Balaban J connectivity index is 1.03. The summed E-state index contributed by atoms with van der Waals surface area (Å²) in [5.74, 6) is 0. The van der Waals surface area contributed by atoms with Gasteiger partial charge in [-0.2, -0.15) is 5.10 Å². The van der Waals surface area contributed by atoms with E-state index in [1.807, 2.05) is 18.0 Å². The summed E-state index contributed by atoms with van der Waals surface area (Å²) in [4.78, 5) is 2.50. The molecular formula is C58H35N5S. The molecule has 0 saturated heterocycles. The molecule has 13 aromatic rings. The fourth-order valence-electron chi connectivity index (χ4n) is 11.5. The molecule has 5 nitrogen and oxygen atoms in total. The van der Waals surface area contributed by atoms with E-state index in [1.54, 1.807) is 0 Å². The summed E-state index contributed by atoms with van der Waals surface area (Å²) < 4.78 is 9.63. The van der Waals surface area contributed by atoms with Crippen molar-refractivity contribution in [2.24, 2.45) is 0 Å². The van der Waals surface area contributed by atoms with E-state index in [1.165, 1.54) is 86.4 Å². The number of fused-ring (bicyclic) bond motifs is 18. The molecule has 0 amide bonds. The molecule has 1 unspecified atom stereocenters. The van der Waals surface area contributed by atoms with Crippen LogP contribution in [-0.2, 0) is 5.54 Å². The molecule has 0 radical (unpaired) electrons. The van der Waals surface area contributed by atoms with Gasteiger partial charge >= 0.3 is 0 Å². The van der Waals surface area contributed by atoms with Gasteiger partial charge in [0.1, 0.15) is 5.54 Å². The summed E-state index contributed by atoms with van der Waals surface area (Å²) in [6.45, 7) is 0. The quantitative estimate of drug-likeness (QED) is 0.178. The molecule has 1 atom stereocenters. The lowest BCUT2D eigenvalue weighted by atomic mass is 9.77. The van der Waals surface area contributed by atoms with E-state index in [2.05, 4.69) is 225 Å². The first-order chi connectivity index (χ1) is 31.8. The summed E-state index contributed by atoms with van der Waals surface area (Å²) in [6, 6.07) is 76.3. The van der Waals surface area contributed by atoms with Crippen LogP contribution in [0.25, 0.3) is 93.7 Å². The van der Waals surface area contributed by atoms with Crippen molar-refractivity contribution < 1.29 is 0 Å². The minimum Gasteiger partial charge on any atom is -0.309 e. The van der Waals surface area contributed by atoms with Gasteiger partial charge in [-0.3, -0.25) is 0 Å². The average molecular weight is 834 g/mol. The number of rotatable bonds is 3. The second kappa shape index (κ2) is 12.5. The predicted octanol–water partition coefficient (Wildman–Crippen LogP) is 14.5. The predicted molar refractivity (Wildman–Crippen MR) is 263 cm³/mol. The van der Waals surface area contributed by atoms with E-state index < -0.39 is 5.54 Å². The Bertz CT molecular complexity index is 3860. The fraction of sp³-hybridized carbons (Fsp3) is 0.0172. The van der Waals surface area contributed by atoms with E-state index in [9.17, 15) is 0 Å². The maximum atomic E-state index is 5.13. The lowest BCUT2D eigenvalue weighted by molar-refractivity contribution is 0.467. The Kier molecular flexibility index (Phi) is 6.76. The number of nitrogens with zero attached hydrogens (tertiary/aromatic N) is 5. The van der Waals surface area contributed by atoms with Crippen LogP contribution in [0.3, 0.4) is 0 Å². The van der Waals surface area contributed by atoms with Crippen LogP contribution in [0.15, 0.2) is 222 Å². The van der Waals surface area contributed by atoms with Crippen molar-refractivity contribution >= 4 is 77.2 Å². The number of hydrogen-bond donors (Lipinski definition) is 0. The SMILES string of the molecule is c1ccc2c(c1)Sc1ccc(-n3c4ccc(-n5c6ccccc6c6ccccc65)cc4c4cc(-n5c6ccccc6c6ccccc65)ccc43)cc1C21c2ccccc2-c2ccnn21. The molecular weight excluding hydrogens is 799 g/mol. The second-order valence-electron chi connectivity index (χ2n) is 17.1. The maximum absolute atomic E-state index is 5.13. The van der Waals surface area contributed by atoms with Crippen molar-refractivity contribution in [1.82, 2.24) is 23.5 Å². The van der Waals surface area contributed by atoms with Gasteiger partial charge in [0.2, 0.25) is 0 Å². The van der Waals surface area contributed by atoms with Gasteiger partial charge in [0.05, 0.1) is 38.8 Å². The number of para-hydroxylation sites is 4. The van der Waals surface area contributed by atoms with E-state index in [-0.39, 0.29) is 0 Å². The molecule has 6 heteroatoms. The Morgan fingerprint density at radius 1 is 0.344 bits per heavy atom. The largest absolute Gasteiger partial charge is 0.309 e. The Morgan fingerprint density at radius 2 is 0.781 bits per heavy atom. The molecule has 15 rings (SSSR count). The highest BCUT2D eigenvalue weighted by Crippen LogP contribution is 2.59. The smallest absolute Gasteiger partial charge is 0.141 e. The van der Waals surface area contributed by atoms with Gasteiger partial charge in [0.25, 0.3) is 0 Å². The van der Waals surface area contributed by atoms with Gasteiger partial charge in [-0.05, 0) is 96.6 Å². The third-order valence-corrected chi connectivity index (χ3v) is 15.2. The van der Waals surface area contributed by atoms with Crippen LogP contribution in [0.2, 0.25) is 0 Å². The van der Waals surface area contributed by atoms with E-state index >= 15 is 0 Å².